The van der Waals surface area contributed by atoms with Crippen molar-refractivity contribution in [2.24, 2.45) is 0 Å². The van der Waals surface area contributed by atoms with Crippen LogP contribution < -0.4 is 0 Å². The van der Waals surface area contributed by atoms with E-state index in [1.165, 1.54) is 6.08 Å². The summed E-state index contributed by atoms with van der Waals surface area (Å²) in [6.45, 7) is 1.85. The Labute approximate surface area is 63.6 Å². The van der Waals surface area contributed by atoms with E-state index in [-0.39, 0.29) is 0 Å². The molecule has 0 aromatic carbocycles. The summed E-state index contributed by atoms with van der Waals surface area (Å²) >= 11 is 0. The van der Waals surface area contributed by atoms with Crippen LogP contribution in [0.5, 0.6) is 0 Å². The Kier molecular flexibility index (Phi) is 2.06. The number of hydrogen-bond donors (Lipinski definition) is 2. The number of rotatable bonds is 2. The summed E-state index contributed by atoms with van der Waals surface area (Å²) in [4.78, 5) is 16.8. The molecule has 4 nitrogen and oxygen atoms in total. The van der Waals surface area contributed by atoms with Gasteiger partial charge in [0, 0.05) is 18.0 Å². The molecule has 0 unspecified atom stereocenters. The van der Waals surface area contributed by atoms with Gasteiger partial charge in [-0.05, 0) is 13.0 Å². The lowest BCUT2D eigenvalue weighted by Crippen LogP contribution is -1.86. The zero-order valence-electron chi connectivity index (χ0n) is 6.03. The summed E-state index contributed by atoms with van der Waals surface area (Å²) in [7, 11) is 0. The molecule has 1 heterocycles. The number of carbonyl (C=O) groups is 1. The average molecular weight is 152 g/mol. The van der Waals surface area contributed by atoms with Crippen molar-refractivity contribution in [3.8, 4) is 0 Å². The topological polar surface area (TPSA) is 66.0 Å². The first-order chi connectivity index (χ1) is 5.18. The maximum absolute atomic E-state index is 10.1. The molecule has 0 atom stereocenters. The maximum Gasteiger partial charge on any atom is 0.328 e. The van der Waals surface area contributed by atoms with E-state index in [9.17, 15) is 4.79 Å². The zero-order valence-corrected chi connectivity index (χ0v) is 6.03. The Morgan fingerprint density at radius 2 is 2.55 bits per heavy atom. The summed E-state index contributed by atoms with van der Waals surface area (Å²) in [6.07, 6.45) is 4.09. The van der Waals surface area contributed by atoms with Crippen molar-refractivity contribution in [1.82, 2.24) is 9.97 Å². The van der Waals surface area contributed by atoms with Gasteiger partial charge in [0.15, 0.2) is 0 Å². The highest BCUT2D eigenvalue weighted by Gasteiger charge is 1.91. The molecule has 1 aromatic heterocycles. The largest absolute Gasteiger partial charge is 0.478 e. The van der Waals surface area contributed by atoms with Crippen molar-refractivity contribution < 1.29 is 9.90 Å². The molecular formula is C7H8N2O2. The van der Waals surface area contributed by atoms with Gasteiger partial charge < -0.3 is 10.1 Å². The van der Waals surface area contributed by atoms with E-state index in [0.29, 0.717) is 5.82 Å². The molecule has 0 bridgehead atoms. The minimum atomic E-state index is -0.973. The average Bonchev–Trinajstić information content (AvgIpc) is 2.31. The predicted molar refractivity (Wildman–Crippen MR) is 40.0 cm³/mol. The summed E-state index contributed by atoms with van der Waals surface area (Å²) in [5.74, 6) is -0.413. The van der Waals surface area contributed by atoms with Crippen LogP contribution in [0.2, 0.25) is 0 Å². The Morgan fingerprint density at radius 3 is 3.00 bits per heavy atom. The molecular weight excluding hydrogens is 144 g/mol. The summed E-state index contributed by atoms with van der Waals surface area (Å²) < 4.78 is 0. The summed E-state index contributed by atoms with van der Waals surface area (Å²) in [5, 5.41) is 8.25. The molecule has 11 heavy (non-hydrogen) atoms. The Bertz CT molecular complexity index is 288. The molecule has 0 aliphatic carbocycles. The highest BCUT2D eigenvalue weighted by molar-refractivity contribution is 5.84. The molecule has 0 saturated carbocycles. The lowest BCUT2D eigenvalue weighted by atomic mass is 10.5. The molecule has 0 radical (unpaired) electrons. The van der Waals surface area contributed by atoms with Crippen LogP contribution in [-0.4, -0.2) is 21.0 Å². The molecule has 0 amide bonds. The molecule has 1 rings (SSSR count). The van der Waals surface area contributed by atoms with Gasteiger partial charge in [-0.2, -0.15) is 0 Å². The monoisotopic (exact) mass is 152 g/mol. The third-order valence-electron chi connectivity index (χ3n) is 1.11. The van der Waals surface area contributed by atoms with Gasteiger partial charge >= 0.3 is 5.97 Å². The number of hydrogen-bond acceptors (Lipinski definition) is 2. The molecule has 0 aliphatic rings. The molecule has 4 heteroatoms. The van der Waals surface area contributed by atoms with E-state index in [1.54, 1.807) is 6.20 Å². The van der Waals surface area contributed by atoms with Crippen LogP contribution in [-0.2, 0) is 4.79 Å². The van der Waals surface area contributed by atoms with Crippen LogP contribution in [0.1, 0.15) is 11.5 Å². The number of H-pyrrole nitrogens is 1. The van der Waals surface area contributed by atoms with E-state index in [0.717, 1.165) is 11.8 Å². The number of aliphatic carboxylic acids is 1. The van der Waals surface area contributed by atoms with E-state index >= 15 is 0 Å². The summed E-state index contributed by atoms with van der Waals surface area (Å²) in [5.41, 5.74) is 0.912. The van der Waals surface area contributed by atoms with E-state index in [4.69, 9.17) is 5.11 Å². The van der Waals surface area contributed by atoms with E-state index < -0.39 is 5.97 Å². The van der Waals surface area contributed by atoms with Crippen LogP contribution >= 0.6 is 0 Å². The highest BCUT2D eigenvalue weighted by Crippen LogP contribution is 1.96. The lowest BCUT2D eigenvalue weighted by Gasteiger charge is -1.81. The van der Waals surface area contributed by atoms with Crippen LogP contribution in [0.25, 0.3) is 6.08 Å². The number of aryl methyl sites for hydroxylation is 1. The fraction of sp³-hybridized carbons (Fsp3) is 0.143. The van der Waals surface area contributed by atoms with Crippen molar-refractivity contribution >= 4 is 12.0 Å². The third kappa shape index (κ3) is 2.25. The van der Waals surface area contributed by atoms with Gasteiger partial charge in [-0.25, -0.2) is 9.78 Å². The number of aromatic nitrogens is 2. The highest BCUT2D eigenvalue weighted by atomic mass is 16.4. The number of carboxylic acid groups (broad SMARTS) is 1. The van der Waals surface area contributed by atoms with E-state index in [2.05, 4.69) is 9.97 Å². The van der Waals surface area contributed by atoms with Gasteiger partial charge in [-0.3, -0.25) is 0 Å². The second-order valence-electron chi connectivity index (χ2n) is 2.12. The van der Waals surface area contributed by atoms with Crippen molar-refractivity contribution in [3.63, 3.8) is 0 Å². The van der Waals surface area contributed by atoms with Crippen molar-refractivity contribution in [2.75, 3.05) is 0 Å². The number of nitrogens with zero attached hydrogens (tertiary/aromatic N) is 1. The first-order valence-corrected chi connectivity index (χ1v) is 3.11. The second kappa shape index (κ2) is 3.01. The lowest BCUT2D eigenvalue weighted by molar-refractivity contribution is -0.131. The molecule has 58 valence electrons. The van der Waals surface area contributed by atoms with Gasteiger partial charge in [0.25, 0.3) is 0 Å². The molecule has 0 spiro atoms. The minimum Gasteiger partial charge on any atom is -0.478 e. The smallest absolute Gasteiger partial charge is 0.328 e. The van der Waals surface area contributed by atoms with Crippen LogP contribution in [0, 0.1) is 6.92 Å². The van der Waals surface area contributed by atoms with Crippen molar-refractivity contribution in [3.05, 3.63) is 23.8 Å². The van der Waals surface area contributed by atoms with E-state index in [1.807, 2.05) is 6.92 Å². The minimum absolute atomic E-state index is 0.560. The zero-order chi connectivity index (χ0) is 8.27. The van der Waals surface area contributed by atoms with Crippen LogP contribution in [0.3, 0.4) is 0 Å². The fourth-order valence-corrected chi connectivity index (χ4v) is 0.668. The first kappa shape index (κ1) is 7.53. The second-order valence-corrected chi connectivity index (χ2v) is 2.12. The molecule has 0 fully saturated rings. The quantitative estimate of drug-likeness (QED) is 0.616. The van der Waals surface area contributed by atoms with Crippen molar-refractivity contribution in [2.45, 2.75) is 6.92 Å². The third-order valence-corrected chi connectivity index (χ3v) is 1.11. The van der Waals surface area contributed by atoms with Crippen LogP contribution in [0.15, 0.2) is 12.3 Å². The maximum atomic E-state index is 10.1. The standard InChI is InChI=1S/C7H8N2O2/c1-5-4-8-6(9-5)2-3-7(10)11/h2-4H,1H3,(H,8,9)(H,10,11)/b3-2+. The molecule has 0 aliphatic heterocycles. The molecule has 1 aromatic rings. The molecule has 2 N–H and O–H groups in total. The fourth-order valence-electron chi connectivity index (χ4n) is 0.668. The Balaban J connectivity index is 2.71. The van der Waals surface area contributed by atoms with Gasteiger partial charge in [-0.15, -0.1) is 0 Å². The number of carboxylic acids is 1. The molecule has 0 saturated heterocycles. The van der Waals surface area contributed by atoms with Gasteiger partial charge in [0.1, 0.15) is 5.82 Å². The normalized spacial score (nSPS) is 10.6. The van der Waals surface area contributed by atoms with Crippen LogP contribution in [0.4, 0.5) is 0 Å². The Hall–Kier alpha value is -1.58. The predicted octanol–water partition coefficient (Wildman–Crippen LogP) is 0.816. The van der Waals surface area contributed by atoms with Gasteiger partial charge in [0.05, 0.1) is 0 Å². The summed E-state index contributed by atoms with van der Waals surface area (Å²) in [6, 6.07) is 0. The van der Waals surface area contributed by atoms with Crippen molar-refractivity contribution in [1.29, 1.82) is 0 Å². The SMILES string of the molecule is Cc1cnc(/C=C/C(=O)O)[nH]1. The number of imidazole rings is 1. The number of nitrogens with one attached hydrogen (secondary N) is 1. The van der Waals surface area contributed by atoms with Gasteiger partial charge in [0.2, 0.25) is 0 Å². The number of aromatic amines is 1. The Morgan fingerprint density at radius 1 is 1.82 bits per heavy atom. The van der Waals surface area contributed by atoms with Gasteiger partial charge in [-0.1, -0.05) is 0 Å². The first-order valence-electron chi connectivity index (χ1n) is 3.11.